The lowest BCUT2D eigenvalue weighted by molar-refractivity contribution is -0.142. The summed E-state index contributed by atoms with van der Waals surface area (Å²) in [6.45, 7) is 1.14. The van der Waals surface area contributed by atoms with Crippen LogP contribution in [0, 0.1) is 0 Å². The normalized spacial score (nSPS) is 11.6. The summed E-state index contributed by atoms with van der Waals surface area (Å²) in [6, 6.07) is 15.3. The summed E-state index contributed by atoms with van der Waals surface area (Å²) in [6.07, 6.45) is 0. The summed E-state index contributed by atoms with van der Waals surface area (Å²) in [7, 11) is -3.83. The lowest BCUT2D eigenvalue weighted by Crippen LogP contribution is -2.17. The van der Waals surface area contributed by atoms with E-state index in [1.165, 1.54) is 23.0 Å². The van der Waals surface area contributed by atoms with Crippen LogP contribution in [0.2, 0.25) is 0 Å². The molecule has 124 valence electrons. The van der Waals surface area contributed by atoms with E-state index in [0.717, 1.165) is 5.39 Å². The van der Waals surface area contributed by atoms with Gasteiger partial charge in [-0.1, -0.05) is 36.4 Å². The molecule has 7 heteroatoms. The van der Waals surface area contributed by atoms with E-state index in [1.54, 1.807) is 30.3 Å². The van der Waals surface area contributed by atoms with Crippen molar-refractivity contribution in [2.45, 2.75) is 18.4 Å². The van der Waals surface area contributed by atoms with Crippen LogP contribution in [-0.2, 0) is 26.2 Å². The minimum Gasteiger partial charge on any atom is -0.459 e. The summed E-state index contributed by atoms with van der Waals surface area (Å²) >= 11 is 3.44. The molecule has 0 amide bonds. The Labute approximate surface area is 148 Å². The van der Waals surface area contributed by atoms with Crippen molar-refractivity contribution in [2.75, 3.05) is 0 Å². The Kier molecular flexibility index (Phi) is 4.47. The Morgan fingerprint density at radius 1 is 1.08 bits per heavy atom. The van der Waals surface area contributed by atoms with Gasteiger partial charge in [0.05, 0.1) is 20.6 Å². The molecular weight excluding hydrogens is 394 g/mol. The third-order valence-electron chi connectivity index (χ3n) is 3.55. The first kappa shape index (κ1) is 16.7. The molecule has 5 nitrogen and oxygen atoms in total. The zero-order chi connectivity index (χ0) is 17.3. The quantitative estimate of drug-likeness (QED) is 0.618. The Balaban J connectivity index is 2.29. The van der Waals surface area contributed by atoms with Crippen molar-refractivity contribution in [1.29, 1.82) is 0 Å². The fourth-order valence-corrected chi connectivity index (χ4v) is 4.80. The highest BCUT2D eigenvalue weighted by molar-refractivity contribution is 9.10. The number of hydrogen-bond donors (Lipinski definition) is 0. The van der Waals surface area contributed by atoms with Crippen molar-refractivity contribution in [1.82, 2.24) is 3.97 Å². The van der Waals surface area contributed by atoms with Crippen molar-refractivity contribution in [3.8, 4) is 0 Å². The van der Waals surface area contributed by atoms with E-state index in [1.807, 2.05) is 12.1 Å². The third kappa shape index (κ3) is 2.85. The van der Waals surface area contributed by atoms with Crippen LogP contribution in [0.4, 0.5) is 0 Å². The van der Waals surface area contributed by atoms with Gasteiger partial charge in [0.25, 0.3) is 10.0 Å². The van der Waals surface area contributed by atoms with Gasteiger partial charge < -0.3 is 4.74 Å². The predicted octanol–water partition coefficient (Wildman–Crippen LogP) is 3.70. The van der Waals surface area contributed by atoms with Gasteiger partial charge in [0.1, 0.15) is 6.61 Å². The van der Waals surface area contributed by atoms with Crippen LogP contribution < -0.4 is 0 Å². The molecule has 0 radical (unpaired) electrons. The van der Waals surface area contributed by atoms with E-state index in [9.17, 15) is 13.2 Å². The predicted molar refractivity (Wildman–Crippen MR) is 94.1 cm³/mol. The number of ether oxygens (including phenoxy) is 1. The Hall–Kier alpha value is -2.12. The molecule has 0 unspecified atom stereocenters. The number of hydrogen-bond acceptors (Lipinski definition) is 4. The smallest absolute Gasteiger partial charge is 0.303 e. The summed E-state index contributed by atoms with van der Waals surface area (Å²) in [5.74, 6) is -0.476. The van der Waals surface area contributed by atoms with Crippen LogP contribution >= 0.6 is 15.9 Å². The van der Waals surface area contributed by atoms with E-state index in [-0.39, 0.29) is 11.5 Å². The molecule has 0 aliphatic carbocycles. The molecule has 0 saturated heterocycles. The second kappa shape index (κ2) is 6.41. The summed E-state index contributed by atoms with van der Waals surface area (Å²) < 4.78 is 33.1. The molecule has 0 saturated carbocycles. The van der Waals surface area contributed by atoms with E-state index >= 15 is 0 Å². The lowest BCUT2D eigenvalue weighted by atomic mass is 10.2. The Morgan fingerprint density at radius 2 is 1.71 bits per heavy atom. The Bertz CT molecular complexity index is 1010. The van der Waals surface area contributed by atoms with Crippen LogP contribution in [0.1, 0.15) is 12.6 Å². The first-order valence-electron chi connectivity index (χ1n) is 7.14. The zero-order valence-corrected chi connectivity index (χ0v) is 15.2. The summed E-state index contributed by atoms with van der Waals surface area (Å²) in [4.78, 5) is 11.3. The van der Waals surface area contributed by atoms with Gasteiger partial charge in [-0.3, -0.25) is 4.79 Å². The molecule has 3 aromatic rings. The number of esters is 1. The maximum Gasteiger partial charge on any atom is 0.303 e. The third-order valence-corrected chi connectivity index (χ3v) is 6.20. The average molecular weight is 408 g/mol. The highest BCUT2D eigenvalue weighted by Crippen LogP contribution is 2.34. The molecule has 0 N–H and O–H groups in total. The van der Waals surface area contributed by atoms with Gasteiger partial charge >= 0.3 is 5.97 Å². The van der Waals surface area contributed by atoms with Crippen molar-refractivity contribution >= 4 is 42.8 Å². The van der Waals surface area contributed by atoms with Gasteiger partial charge in [0.2, 0.25) is 0 Å². The number of nitrogens with zero attached hydrogens (tertiary/aromatic N) is 1. The highest BCUT2D eigenvalue weighted by Gasteiger charge is 2.26. The molecule has 0 aliphatic rings. The number of aromatic nitrogens is 1. The lowest BCUT2D eigenvalue weighted by Gasteiger charge is -2.12. The average Bonchev–Trinajstić information content (AvgIpc) is 2.87. The molecule has 3 rings (SSSR count). The number of carbonyl (C=O) groups is 1. The molecular formula is C17H14BrNO4S. The summed E-state index contributed by atoms with van der Waals surface area (Å²) in [5.41, 5.74) is 0.894. The molecule has 0 fully saturated rings. The number of fused-ring (bicyclic) bond motifs is 1. The number of rotatable bonds is 4. The molecule has 0 spiro atoms. The minimum absolute atomic E-state index is 0.142. The van der Waals surface area contributed by atoms with E-state index < -0.39 is 16.0 Å². The summed E-state index contributed by atoms with van der Waals surface area (Å²) in [5, 5.41) is 0.735. The number of benzene rings is 2. The van der Waals surface area contributed by atoms with Crippen molar-refractivity contribution in [2.24, 2.45) is 0 Å². The van der Waals surface area contributed by atoms with Gasteiger partial charge in [0, 0.05) is 12.3 Å². The first-order chi connectivity index (χ1) is 11.4. The van der Waals surface area contributed by atoms with Crippen LogP contribution in [0.25, 0.3) is 10.9 Å². The molecule has 24 heavy (non-hydrogen) atoms. The van der Waals surface area contributed by atoms with E-state index in [0.29, 0.717) is 15.7 Å². The van der Waals surface area contributed by atoms with Gasteiger partial charge in [0.15, 0.2) is 0 Å². The fourth-order valence-electron chi connectivity index (χ4n) is 2.49. The molecule has 2 aromatic carbocycles. The van der Waals surface area contributed by atoms with Crippen LogP contribution in [0.15, 0.2) is 64.0 Å². The molecule has 0 bridgehead atoms. The van der Waals surface area contributed by atoms with Gasteiger partial charge in [-0.25, -0.2) is 12.4 Å². The topological polar surface area (TPSA) is 65.4 Å². The van der Waals surface area contributed by atoms with E-state index in [2.05, 4.69) is 15.9 Å². The van der Waals surface area contributed by atoms with Crippen molar-refractivity contribution in [3.05, 3.63) is 64.8 Å². The van der Waals surface area contributed by atoms with Crippen molar-refractivity contribution in [3.63, 3.8) is 0 Å². The van der Waals surface area contributed by atoms with Crippen molar-refractivity contribution < 1.29 is 17.9 Å². The Morgan fingerprint density at radius 3 is 2.38 bits per heavy atom. The van der Waals surface area contributed by atoms with Gasteiger partial charge in [-0.2, -0.15) is 0 Å². The molecule has 1 aromatic heterocycles. The maximum atomic E-state index is 13.1. The van der Waals surface area contributed by atoms with Crippen LogP contribution in [-0.4, -0.2) is 18.4 Å². The number of halogens is 1. The van der Waals surface area contributed by atoms with Gasteiger partial charge in [-0.15, -0.1) is 0 Å². The zero-order valence-electron chi connectivity index (χ0n) is 12.8. The number of para-hydroxylation sites is 1. The minimum atomic E-state index is -3.83. The highest BCUT2D eigenvalue weighted by atomic mass is 79.9. The maximum absolute atomic E-state index is 13.1. The standard InChI is InChI=1S/C17H14BrNO4S/c1-12(20)23-11-16-17(18)14-9-5-6-10-15(14)19(16)24(21,22)13-7-3-2-4-8-13/h2-10H,11H2,1H3. The largest absolute Gasteiger partial charge is 0.459 e. The first-order valence-corrected chi connectivity index (χ1v) is 9.38. The SMILES string of the molecule is CC(=O)OCc1c(Br)c2ccccc2n1S(=O)(=O)c1ccccc1. The van der Waals surface area contributed by atoms with Crippen LogP contribution in [0.5, 0.6) is 0 Å². The molecule has 1 heterocycles. The second-order valence-corrected chi connectivity index (χ2v) is 7.72. The number of carbonyl (C=O) groups excluding carboxylic acids is 1. The monoisotopic (exact) mass is 407 g/mol. The van der Waals surface area contributed by atoms with Crippen LogP contribution in [0.3, 0.4) is 0 Å². The van der Waals surface area contributed by atoms with E-state index in [4.69, 9.17) is 4.74 Å². The fraction of sp³-hybridized carbons (Fsp3) is 0.118. The second-order valence-electron chi connectivity index (χ2n) is 5.14. The molecule has 0 atom stereocenters. The van der Waals surface area contributed by atoms with Gasteiger partial charge in [-0.05, 0) is 34.1 Å². The molecule has 0 aliphatic heterocycles.